The largest absolute Gasteiger partial charge is 0.356 e. The van der Waals surface area contributed by atoms with Gasteiger partial charge in [-0.1, -0.05) is 20.8 Å². The fourth-order valence-electron chi connectivity index (χ4n) is 2.88. The Labute approximate surface area is 117 Å². The van der Waals surface area contributed by atoms with Crippen LogP contribution in [0.3, 0.4) is 0 Å². The number of aromatic nitrogens is 1. The number of anilines is 1. The Morgan fingerprint density at radius 3 is 2.47 bits per heavy atom. The van der Waals surface area contributed by atoms with Crippen LogP contribution in [0.15, 0.2) is 6.07 Å². The molecule has 0 saturated carbocycles. The summed E-state index contributed by atoms with van der Waals surface area (Å²) < 4.78 is 0. The minimum absolute atomic E-state index is 0.759. The molecule has 2 atom stereocenters. The van der Waals surface area contributed by atoms with Crippen molar-refractivity contribution in [2.24, 2.45) is 11.8 Å². The van der Waals surface area contributed by atoms with E-state index in [0.717, 1.165) is 43.7 Å². The highest BCUT2D eigenvalue weighted by Crippen LogP contribution is 2.30. The van der Waals surface area contributed by atoms with Crippen LogP contribution in [0.1, 0.15) is 37.6 Å². The maximum absolute atomic E-state index is 4.82. The number of nitrogens with zero attached hydrogens (tertiary/aromatic N) is 2. The van der Waals surface area contributed by atoms with Gasteiger partial charge in [0.2, 0.25) is 0 Å². The first-order chi connectivity index (χ1) is 9.02. The van der Waals surface area contributed by atoms with Crippen molar-refractivity contribution in [1.29, 1.82) is 0 Å². The average molecular weight is 261 g/mol. The van der Waals surface area contributed by atoms with Crippen LogP contribution in [0.25, 0.3) is 0 Å². The highest BCUT2D eigenvalue weighted by atomic mass is 15.2. The van der Waals surface area contributed by atoms with Crippen LogP contribution in [0.4, 0.5) is 5.82 Å². The minimum Gasteiger partial charge on any atom is -0.356 e. The number of rotatable bonds is 4. The second-order valence-electron chi connectivity index (χ2n) is 6.02. The van der Waals surface area contributed by atoms with E-state index >= 15 is 0 Å². The van der Waals surface area contributed by atoms with Crippen molar-refractivity contribution in [3.8, 4) is 0 Å². The van der Waals surface area contributed by atoms with Crippen LogP contribution in [-0.2, 0) is 6.54 Å². The van der Waals surface area contributed by atoms with Gasteiger partial charge in [-0.2, -0.15) is 0 Å². The second kappa shape index (κ2) is 5.91. The molecule has 2 heterocycles. The van der Waals surface area contributed by atoms with Crippen molar-refractivity contribution in [2.75, 3.05) is 24.5 Å². The zero-order chi connectivity index (χ0) is 14.0. The first kappa shape index (κ1) is 14.3. The van der Waals surface area contributed by atoms with Crippen molar-refractivity contribution in [3.05, 3.63) is 22.9 Å². The van der Waals surface area contributed by atoms with E-state index in [4.69, 9.17) is 4.98 Å². The summed E-state index contributed by atoms with van der Waals surface area (Å²) in [5.41, 5.74) is 3.85. The van der Waals surface area contributed by atoms with E-state index in [-0.39, 0.29) is 0 Å². The van der Waals surface area contributed by atoms with Crippen molar-refractivity contribution in [2.45, 2.75) is 41.2 Å². The molecule has 0 spiro atoms. The lowest BCUT2D eigenvalue weighted by atomic mass is 10.0. The summed E-state index contributed by atoms with van der Waals surface area (Å²) in [6, 6.07) is 2.19. The van der Waals surface area contributed by atoms with Gasteiger partial charge in [0.25, 0.3) is 0 Å². The molecule has 1 N–H and O–H groups in total. The van der Waals surface area contributed by atoms with Crippen molar-refractivity contribution in [1.82, 2.24) is 10.3 Å². The summed E-state index contributed by atoms with van der Waals surface area (Å²) >= 11 is 0. The molecule has 0 bridgehead atoms. The normalized spacial score (nSPS) is 23.1. The average Bonchev–Trinajstić information content (AvgIpc) is 2.68. The maximum atomic E-state index is 4.82. The molecule has 2 rings (SSSR count). The van der Waals surface area contributed by atoms with E-state index in [1.54, 1.807) is 0 Å². The van der Waals surface area contributed by atoms with Gasteiger partial charge < -0.3 is 10.2 Å². The smallest absolute Gasteiger partial charge is 0.133 e. The molecule has 3 heteroatoms. The fourth-order valence-corrected chi connectivity index (χ4v) is 2.88. The lowest BCUT2D eigenvalue weighted by Gasteiger charge is -2.23. The Morgan fingerprint density at radius 1 is 1.26 bits per heavy atom. The third-order valence-electron chi connectivity index (χ3n) is 4.29. The fraction of sp³-hybridized carbons (Fsp3) is 0.688. The molecule has 19 heavy (non-hydrogen) atoms. The molecule has 3 nitrogen and oxygen atoms in total. The van der Waals surface area contributed by atoms with Crippen molar-refractivity contribution < 1.29 is 0 Å². The van der Waals surface area contributed by atoms with Crippen LogP contribution in [0.5, 0.6) is 0 Å². The molecule has 1 aromatic rings. The minimum atomic E-state index is 0.759. The van der Waals surface area contributed by atoms with E-state index in [2.05, 4.69) is 50.9 Å². The molecule has 106 valence electrons. The topological polar surface area (TPSA) is 28.2 Å². The monoisotopic (exact) mass is 261 g/mol. The first-order valence-electron chi connectivity index (χ1n) is 7.45. The Hall–Kier alpha value is -1.09. The van der Waals surface area contributed by atoms with E-state index in [1.165, 1.54) is 16.9 Å². The SMILES string of the molecule is CCNCc1c(C)cc(C)nc1N1CC(C)C(C)C1. The first-order valence-corrected chi connectivity index (χ1v) is 7.45. The molecule has 1 saturated heterocycles. The number of aryl methyl sites for hydroxylation is 2. The third kappa shape index (κ3) is 3.08. The van der Waals surface area contributed by atoms with Crippen molar-refractivity contribution >= 4 is 5.82 Å². The Kier molecular flexibility index (Phi) is 4.46. The lowest BCUT2D eigenvalue weighted by molar-refractivity contribution is 0.494. The molecule has 1 aromatic heterocycles. The van der Waals surface area contributed by atoms with Gasteiger partial charge in [-0.15, -0.1) is 0 Å². The van der Waals surface area contributed by atoms with E-state index in [1.807, 2.05) is 0 Å². The zero-order valence-corrected chi connectivity index (χ0v) is 13.0. The lowest BCUT2D eigenvalue weighted by Crippen LogP contribution is -2.25. The van der Waals surface area contributed by atoms with Gasteiger partial charge in [0.05, 0.1) is 0 Å². The van der Waals surface area contributed by atoms with Gasteiger partial charge in [-0.25, -0.2) is 4.98 Å². The summed E-state index contributed by atoms with van der Waals surface area (Å²) in [7, 11) is 0. The third-order valence-corrected chi connectivity index (χ3v) is 4.29. The van der Waals surface area contributed by atoms with Crippen LogP contribution in [0, 0.1) is 25.7 Å². The molecule has 0 aliphatic carbocycles. The summed E-state index contributed by atoms with van der Waals surface area (Å²) in [4.78, 5) is 7.30. The molecular formula is C16H27N3. The van der Waals surface area contributed by atoms with E-state index in [0.29, 0.717) is 0 Å². The molecule has 0 radical (unpaired) electrons. The maximum Gasteiger partial charge on any atom is 0.133 e. The summed E-state index contributed by atoms with van der Waals surface area (Å²) in [5.74, 6) is 2.72. The predicted molar refractivity (Wildman–Crippen MR) is 81.6 cm³/mol. The van der Waals surface area contributed by atoms with Gasteiger partial charge in [0.15, 0.2) is 0 Å². The Bertz CT molecular complexity index is 432. The summed E-state index contributed by atoms with van der Waals surface area (Å²) in [5, 5.41) is 3.44. The number of nitrogens with one attached hydrogen (secondary N) is 1. The van der Waals surface area contributed by atoms with Crippen LogP contribution in [-0.4, -0.2) is 24.6 Å². The molecule has 1 aliphatic rings. The van der Waals surface area contributed by atoms with Gasteiger partial charge >= 0.3 is 0 Å². The quantitative estimate of drug-likeness (QED) is 0.903. The zero-order valence-electron chi connectivity index (χ0n) is 13.0. The number of hydrogen-bond acceptors (Lipinski definition) is 3. The number of pyridine rings is 1. The molecule has 0 amide bonds. The van der Waals surface area contributed by atoms with Gasteiger partial charge in [-0.3, -0.25) is 0 Å². The Morgan fingerprint density at radius 2 is 1.89 bits per heavy atom. The van der Waals surface area contributed by atoms with Crippen molar-refractivity contribution in [3.63, 3.8) is 0 Å². The van der Waals surface area contributed by atoms with Crippen LogP contribution < -0.4 is 10.2 Å². The van der Waals surface area contributed by atoms with E-state index in [9.17, 15) is 0 Å². The molecule has 2 unspecified atom stereocenters. The highest BCUT2D eigenvalue weighted by Gasteiger charge is 2.28. The second-order valence-corrected chi connectivity index (χ2v) is 6.02. The van der Waals surface area contributed by atoms with Crippen LogP contribution in [0.2, 0.25) is 0 Å². The number of hydrogen-bond donors (Lipinski definition) is 1. The highest BCUT2D eigenvalue weighted by molar-refractivity contribution is 5.52. The predicted octanol–water partition coefficient (Wildman–Crippen LogP) is 2.90. The molecule has 1 aliphatic heterocycles. The molecule has 0 aromatic carbocycles. The summed E-state index contributed by atoms with van der Waals surface area (Å²) in [6.45, 7) is 15.3. The van der Waals surface area contributed by atoms with E-state index < -0.39 is 0 Å². The molecular weight excluding hydrogens is 234 g/mol. The van der Waals surface area contributed by atoms with Gasteiger partial charge in [-0.05, 0) is 43.9 Å². The standard InChI is InChI=1S/C16H27N3/c1-6-17-8-15-11(2)7-14(5)18-16(15)19-9-12(3)13(4)10-19/h7,12-13,17H,6,8-10H2,1-5H3. The molecule has 1 fully saturated rings. The Balaban J connectivity index is 2.32. The van der Waals surface area contributed by atoms with Gasteiger partial charge in [0.1, 0.15) is 5.82 Å². The van der Waals surface area contributed by atoms with Gasteiger partial charge in [0, 0.05) is 30.9 Å². The summed E-state index contributed by atoms with van der Waals surface area (Å²) in [6.07, 6.45) is 0. The van der Waals surface area contributed by atoms with Crippen LogP contribution >= 0.6 is 0 Å².